The molecular formula is C22H19NO6S. The van der Waals surface area contributed by atoms with Crippen LogP contribution in [0.15, 0.2) is 60.7 Å². The number of hydrogen-bond donors (Lipinski definition) is 0. The highest BCUT2D eigenvalue weighted by molar-refractivity contribution is 7.93. The molecule has 0 radical (unpaired) electrons. The lowest BCUT2D eigenvalue weighted by molar-refractivity contribution is 0.0593. The Morgan fingerprint density at radius 2 is 1.67 bits per heavy atom. The standard InChI is InChI=1S/C22H19NO6S/c1-28-22(25)19-13-15-6-2-3-7-16(15)14-20(19)29-21(24)17-8-4-9-18(12-17)23-10-5-11-30(23,26)27/h2-4,6-9,12-14H,5,10-11H2,1H3. The molecule has 1 aliphatic heterocycles. The Hall–Kier alpha value is -3.39. The van der Waals surface area contributed by atoms with Gasteiger partial charge in [0, 0.05) is 6.54 Å². The lowest BCUT2D eigenvalue weighted by atomic mass is 10.1. The molecular weight excluding hydrogens is 406 g/mol. The van der Waals surface area contributed by atoms with E-state index in [1.807, 2.05) is 24.3 Å². The van der Waals surface area contributed by atoms with Gasteiger partial charge in [0.1, 0.15) is 11.3 Å². The first kappa shape index (κ1) is 19.9. The fraction of sp³-hybridized carbons (Fsp3) is 0.182. The summed E-state index contributed by atoms with van der Waals surface area (Å²) in [6.45, 7) is 0.373. The molecule has 3 aromatic rings. The van der Waals surface area contributed by atoms with Crippen molar-refractivity contribution in [1.82, 2.24) is 0 Å². The van der Waals surface area contributed by atoms with Crippen molar-refractivity contribution in [2.75, 3.05) is 23.7 Å². The molecule has 0 unspecified atom stereocenters. The number of anilines is 1. The maximum Gasteiger partial charge on any atom is 0.343 e. The van der Waals surface area contributed by atoms with Crippen LogP contribution in [0, 0.1) is 0 Å². The Morgan fingerprint density at radius 1 is 0.933 bits per heavy atom. The van der Waals surface area contributed by atoms with Gasteiger partial charge in [-0.3, -0.25) is 4.31 Å². The summed E-state index contributed by atoms with van der Waals surface area (Å²) in [4.78, 5) is 25.0. The van der Waals surface area contributed by atoms with E-state index in [0.29, 0.717) is 18.7 Å². The van der Waals surface area contributed by atoms with Crippen LogP contribution >= 0.6 is 0 Å². The van der Waals surface area contributed by atoms with E-state index in [0.717, 1.165) is 10.8 Å². The van der Waals surface area contributed by atoms with Crippen LogP contribution in [0.2, 0.25) is 0 Å². The van der Waals surface area contributed by atoms with Gasteiger partial charge >= 0.3 is 11.9 Å². The fourth-order valence-corrected chi connectivity index (χ4v) is 5.01. The van der Waals surface area contributed by atoms with Gasteiger partial charge < -0.3 is 9.47 Å². The predicted molar refractivity (Wildman–Crippen MR) is 112 cm³/mol. The minimum absolute atomic E-state index is 0.0738. The Labute approximate surface area is 173 Å². The molecule has 1 heterocycles. The first-order chi connectivity index (χ1) is 14.4. The smallest absolute Gasteiger partial charge is 0.343 e. The zero-order valence-corrected chi connectivity index (χ0v) is 17.0. The van der Waals surface area contributed by atoms with E-state index in [2.05, 4.69) is 0 Å². The van der Waals surface area contributed by atoms with E-state index in [4.69, 9.17) is 9.47 Å². The molecule has 7 nitrogen and oxygen atoms in total. The summed E-state index contributed by atoms with van der Waals surface area (Å²) in [6.07, 6.45) is 0.538. The quantitative estimate of drug-likeness (QED) is 0.470. The third-order valence-corrected chi connectivity index (χ3v) is 6.79. The van der Waals surface area contributed by atoms with Crippen molar-refractivity contribution in [3.63, 3.8) is 0 Å². The number of ether oxygens (including phenoxy) is 2. The van der Waals surface area contributed by atoms with Gasteiger partial charge in [-0.1, -0.05) is 30.3 Å². The maximum atomic E-state index is 12.8. The second-order valence-electron chi connectivity index (χ2n) is 6.87. The molecule has 8 heteroatoms. The summed E-state index contributed by atoms with van der Waals surface area (Å²) in [5.74, 6) is -1.17. The van der Waals surface area contributed by atoms with Crippen LogP contribution in [0.1, 0.15) is 27.1 Å². The average molecular weight is 425 g/mol. The van der Waals surface area contributed by atoms with E-state index < -0.39 is 22.0 Å². The van der Waals surface area contributed by atoms with Crippen molar-refractivity contribution < 1.29 is 27.5 Å². The van der Waals surface area contributed by atoms with Gasteiger partial charge in [0.05, 0.1) is 24.1 Å². The molecule has 0 spiro atoms. The van der Waals surface area contributed by atoms with Crippen molar-refractivity contribution in [3.8, 4) is 5.75 Å². The molecule has 1 aliphatic rings. The minimum atomic E-state index is -3.37. The molecule has 30 heavy (non-hydrogen) atoms. The molecule has 1 fully saturated rings. The zero-order valence-electron chi connectivity index (χ0n) is 16.2. The number of fused-ring (bicyclic) bond motifs is 1. The van der Waals surface area contributed by atoms with Crippen LogP contribution in [0.5, 0.6) is 5.75 Å². The summed E-state index contributed by atoms with van der Waals surface area (Å²) in [7, 11) is -2.11. The van der Waals surface area contributed by atoms with Gasteiger partial charge in [-0.15, -0.1) is 0 Å². The van der Waals surface area contributed by atoms with Crippen LogP contribution in [-0.4, -0.2) is 39.8 Å². The maximum absolute atomic E-state index is 12.8. The second kappa shape index (κ2) is 7.79. The largest absolute Gasteiger partial charge is 0.465 e. The number of esters is 2. The van der Waals surface area contributed by atoms with Crippen molar-refractivity contribution in [1.29, 1.82) is 0 Å². The third-order valence-electron chi connectivity index (χ3n) is 4.92. The highest BCUT2D eigenvalue weighted by Gasteiger charge is 2.29. The topological polar surface area (TPSA) is 90.0 Å². The molecule has 154 valence electrons. The van der Waals surface area contributed by atoms with Gasteiger partial charge in [0.15, 0.2) is 0 Å². The SMILES string of the molecule is COC(=O)c1cc2ccccc2cc1OC(=O)c1cccc(N2CCCS2(=O)=O)c1. The minimum Gasteiger partial charge on any atom is -0.465 e. The van der Waals surface area contributed by atoms with E-state index >= 15 is 0 Å². The van der Waals surface area contributed by atoms with Gasteiger partial charge in [0.25, 0.3) is 0 Å². The van der Waals surface area contributed by atoms with Crippen molar-refractivity contribution in [2.24, 2.45) is 0 Å². The number of methoxy groups -OCH3 is 1. The number of carbonyl (C=O) groups excluding carboxylic acids is 2. The molecule has 0 bridgehead atoms. The van der Waals surface area contributed by atoms with Crippen LogP contribution < -0.4 is 9.04 Å². The molecule has 0 aromatic heterocycles. The molecule has 4 rings (SSSR count). The first-order valence-electron chi connectivity index (χ1n) is 9.33. The van der Waals surface area contributed by atoms with E-state index in [1.54, 1.807) is 24.3 Å². The van der Waals surface area contributed by atoms with Crippen molar-refractivity contribution >= 4 is 38.4 Å². The van der Waals surface area contributed by atoms with Gasteiger partial charge in [0.2, 0.25) is 10.0 Å². The molecule has 3 aromatic carbocycles. The fourth-order valence-electron chi connectivity index (χ4n) is 3.45. The second-order valence-corrected chi connectivity index (χ2v) is 8.88. The molecule has 0 N–H and O–H groups in total. The molecule has 0 aliphatic carbocycles. The molecule has 0 amide bonds. The van der Waals surface area contributed by atoms with Crippen LogP contribution in [-0.2, 0) is 14.8 Å². The van der Waals surface area contributed by atoms with Crippen molar-refractivity contribution in [2.45, 2.75) is 6.42 Å². The van der Waals surface area contributed by atoms with E-state index in [-0.39, 0.29) is 22.6 Å². The summed E-state index contributed by atoms with van der Waals surface area (Å²) in [5, 5.41) is 1.60. The third kappa shape index (κ3) is 3.73. The highest BCUT2D eigenvalue weighted by atomic mass is 32.2. The Kier molecular flexibility index (Phi) is 5.17. The van der Waals surface area contributed by atoms with Gasteiger partial charge in [-0.05, 0) is 47.5 Å². The number of sulfonamides is 1. The number of carbonyl (C=O) groups is 2. The van der Waals surface area contributed by atoms with E-state index in [9.17, 15) is 18.0 Å². The summed E-state index contributed by atoms with van der Waals surface area (Å²) in [6, 6.07) is 16.8. The number of hydrogen-bond acceptors (Lipinski definition) is 6. The average Bonchev–Trinajstić information content (AvgIpc) is 3.11. The monoisotopic (exact) mass is 425 g/mol. The molecule has 1 saturated heterocycles. The number of nitrogens with zero attached hydrogens (tertiary/aromatic N) is 1. The Bertz CT molecular complexity index is 1250. The normalized spacial score (nSPS) is 15.2. The molecule has 0 saturated carbocycles. The van der Waals surface area contributed by atoms with Crippen LogP contribution in [0.3, 0.4) is 0 Å². The summed E-state index contributed by atoms with van der Waals surface area (Å²) < 4.78 is 36.0. The van der Waals surface area contributed by atoms with Crippen LogP contribution in [0.25, 0.3) is 10.8 Å². The lowest BCUT2D eigenvalue weighted by Gasteiger charge is -2.17. The molecule has 0 atom stereocenters. The first-order valence-corrected chi connectivity index (χ1v) is 10.9. The number of rotatable bonds is 4. The van der Waals surface area contributed by atoms with Gasteiger partial charge in [-0.2, -0.15) is 0 Å². The highest BCUT2D eigenvalue weighted by Crippen LogP contribution is 2.29. The predicted octanol–water partition coefficient (Wildman–Crippen LogP) is 3.39. The number of benzene rings is 3. The summed E-state index contributed by atoms with van der Waals surface area (Å²) in [5.41, 5.74) is 0.718. The summed E-state index contributed by atoms with van der Waals surface area (Å²) >= 11 is 0. The Balaban J connectivity index is 1.68. The Morgan fingerprint density at radius 3 is 2.33 bits per heavy atom. The van der Waals surface area contributed by atoms with Crippen LogP contribution in [0.4, 0.5) is 5.69 Å². The lowest BCUT2D eigenvalue weighted by Crippen LogP contribution is -2.25. The van der Waals surface area contributed by atoms with Crippen molar-refractivity contribution in [3.05, 3.63) is 71.8 Å². The van der Waals surface area contributed by atoms with Gasteiger partial charge in [-0.25, -0.2) is 18.0 Å². The zero-order chi connectivity index (χ0) is 21.3. The van der Waals surface area contributed by atoms with E-state index in [1.165, 1.54) is 23.5 Å².